The van der Waals surface area contributed by atoms with Crippen molar-refractivity contribution in [2.75, 3.05) is 11.9 Å². The number of amides is 2. The van der Waals surface area contributed by atoms with Gasteiger partial charge in [0.05, 0.1) is 11.3 Å². The number of pyridine rings is 1. The fraction of sp³-hybridized carbons (Fsp3) is 0.167. The van der Waals surface area contributed by atoms with E-state index in [0.717, 1.165) is 34.6 Å². The molecule has 8 nitrogen and oxygen atoms in total. The van der Waals surface area contributed by atoms with Crippen LogP contribution in [0.4, 0.5) is 18.9 Å². The highest BCUT2D eigenvalue weighted by Gasteiger charge is 2.38. The summed E-state index contributed by atoms with van der Waals surface area (Å²) in [7, 11) is 0. The van der Waals surface area contributed by atoms with Crippen molar-refractivity contribution in [2.24, 2.45) is 0 Å². The van der Waals surface area contributed by atoms with Crippen LogP contribution in [-0.2, 0) is 16.0 Å². The number of halogens is 3. The van der Waals surface area contributed by atoms with Crippen LogP contribution in [0.25, 0.3) is 22.5 Å². The summed E-state index contributed by atoms with van der Waals surface area (Å²) < 4.78 is 31.7. The molecule has 0 bridgehead atoms. The Morgan fingerprint density at radius 2 is 1.89 bits per heavy atom. The van der Waals surface area contributed by atoms with Gasteiger partial charge in [0.1, 0.15) is 0 Å². The van der Waals surface area contributed by atoms with E-state index in [1.54, 1.807) is 19.2 Å². The molecular formula is C24H21F3N4O4. The Morgan fingerprint density at radius 1 is 1.14 bits per heavy atom. The lowest BCUT2D eigenvalue weighted by atomic mass is 10.1. The lowest BCUT2D eigenvalue weighted by molar-refractivity contribution is -0.192. The summed E-state index contributed by atoms with van der Waals surface area (Å²) in [5, 5.41) is 12.8. The minimum Gasteiger partial charge on any atom is -0.475 e. The largest absolute Gasteiger partial charge is 0.490 e. The lowest BCUT2D eigenvalue weighted by Crippen LogP contribution is -2.31. The molecule has 0 saturated heterocycles. The Kier molecular flexibility index (Phi) is 7.69. The highest BCUT2D eigenvalue weighted by molar-refractivity contribution is 5.99. The van der Waals surface area contributed by atoms with Crippen molar-refractivity contribution in [1.29, 1.82) is 0 Å². The molecule has 2 amide bonds. The SMILES string of the molecule is C/C=C/C(=O)Nc1cccc(-c2cc(-c3cc4c([nH]3)CCNC4=O)ccn2)c1.O=C(O)C(F)(F)F. The molecule has 1 aromatic carbocycles. The van der Waals surface area contributed by atoms with Gasteiger partial charge in [-0.3, -0.25) is 14.6 Å². The predicted octanol–water partition coefficient (Wildman–Crippen LogP) is 4.18. The number of rotatable bonds is 4. The van der Waals surface area contributed by atoms with Gasteiger partial charge in [0.25, 0.3) is 5.91 Å². The second kappa shape index (κ2) is 10.7. The number of H-pyrrole nitrogens is 1. The molecule has 1 aliphatic heterocycles. The van der Waals surface area contributed by atoms with E-state index in [2.05, 4.69) is 20.6 Å². The van der Waals surface area contributed by atoms with E-state index in [-0.39, 0.29) is 11.8 Å². The maximum Gasteiger partial charge on any atom is 0.490 e. The molecule has 0 spiro atoms. The maximum atomic E-state index is 12.0. The quantitative estimate of drug-likeness (QED) is 0.412. The number of hydrogen-bond acceptors (Lipinski definition) is 4. The normalized spacial score (nSPS) is 12.9. The number of fused-ring (bicyclic) bond motifs is 1. The van der Waals surface area contributed by atoms with Crippen molar-refractivity contribution < 1.29 is 32.7 Å². The Morgan fingerprint density at radius 3 is 2.54 bits per heavy atom. The third kappa shape index (κ3) is 6.56. The van der Waals surface area contributed by atoms with Crippen LogP contribution in [0.15, 0.2) is 60.8 Å². The van der Waals surface area contributed by atoms with Crippen LogP contribution in [0.3, 0.4) is 0 Å². The van der Waals surface area contributed by atoms with Crippen LogP contribution in [0.1, 0.15) is 23.0 Å². The van der Waals surface area contributed by atoms with E-state index < -0.39 is 12.1 Å². The molecule has 0 aliphatic carbocycles. The molecule has 4 N–H and O–H groups in total. The molecule has 0 radical (unpaired) electrons. The van der Waals surface area contributed by atoms with Gasteiger partial charge in [0.2, 0.25) is 5.91 Å². The van der Waals surface area contributed by atoms with Gasteiger partial charge >= 0.3 is 12.1 Å². The Bertz CT molecular complexity index is 1280. The average Bonchev–Trinajstić information content (AvgIpc) is 3.25. The highest BCUT2D eigenvalue weighted by Crippen LogP contribution is 2.28. The first-order chi connectivity index (χ1) is 16.6. The van der Waals surface area contributed by atoms with Crippen molar-refractivity contribution in [1.82, 2.24) is 15.3 Å². The van der Waals surface area contributed by atoms with Crippen molar-refractivity contribution in [3.05, 3.63) is 72.1 Å². The highest BCUT2D eigenvalue weighted by atomic mass is 19.4. The molecule has 3 aromatic rings. The fourth-order valence-corrected chi connectivity index (χ4v) is 3.30. The fourth-order valence-electron chi connectivity index (χ4n) is 3.30. The van der Waals surface area contributed by atoms with Crippen molar-refractivity contribution in [3.8, 4) is 22.5 Å². The number of aliphatic carboxylic acids is 1. The molecule has 3 heterocycles. The monoisotopic (exact) mass is 486 g/mol. The molecule has 0 atom stereocenters. The van der Waals surface area contributed by atoms with E-state index in [0.29, 0.717) is 17.8 Å². The number of anilines is 1. The summed E-state index contributed by atoms with van der Waals surface area (Å²) in [6, 6.07) is 13.3. The molecule has 0 unspecified atom stereocenters. The smallest absolute Gasteiger partial charge is 0.475 e. The van der Waals surface area contributed by atoms with E-state index in [1.807, 2.05) is 42.5 Å². The number of carbonyl (C=O) groups excluding carboxylic acids is 2. The third-order valence-corrected chi connectivity index (χ3v) is 4.86. The first-order valence-corrected chi connectivity index (χ1v) is 10.4. The zero-order valence-corrected chi connectivity index (χ0v) is 18.4. The zero-order valence-electron chi connectivity index (χ0n) is 18.4. The summed E-state index contributed by atoms with van der Waals surface area (Å²) in [6.07, 6.45) is 0.637. The molecule has 11 heteroatoms. The molecule has 35 heavy (non-hydrogen) atoms. The number of alkyl halides is 3. The van der Waals surface area contributed by atoms with Crippen LogP contribution in [-0.4, -0.2) is 45.6 Å². The van der Waals surface area contributed by atoms with E-state index >= 15 is 0 Å². The second-order valence-electron chi connectivity index (χ2n) is 7.38. The first-order valence-electron chi connectivity index (χ1n) is 10.4. The number of carboxylic acids is 1. The summed E-state index contributed by atoms with van der Waals surface area (Å²) in [6.45, 7) is 2.45. The van der Waals surface area contributed by atoms with Crippen LogP contribution in [0.5, 0.6) is 0 Å². The Labute approximate surface area is 197 Å². The Hall–Kier alpha value is -4.41. The topological polar surface area (TPSA) is 124 Å². The molecule has 2 aromatic heterocycles. The maximum absolute atomic E-state index is 12.0. The summed E-state index contributed by atoms with van der Waals surface area (Å²) in [5.41, 5.74) is 5.91. The van der Waals surface area contributed by atoms with Gasteiger partial charge in [0, 0.05) is 47.4 Å². The first kappa shape index (κ1) is 25.2. The number of allylic oxidation sites excluding steroid dienone is 1. The molecule has 4 rings (SSSR count). The number of hydrogen-bond donors (Lipinski definition) is 4. The van der Waals surface area contributed by atoms with Gasteiger partial charge in [0.15, 0.2) is 0 Å². The Balaban J connectivity index is 0.000000429. The van der Waals surface area contributed by atoms with Gasteiger partial charge in [-0.15, -0.1) is 0 Å². The molecule has 182 valence electrons. The number of benzene rings is 1. The number of carboxylic acid groups (broad SMARTS) is 1. The summed E-state index contributed by atoms with van der Waals surface area (Å²) >= 11 is 0. The average molecular weight is 486 g/mol. The molecular weight excluding hydrogens is 465 g/mol. The van der Waals surface area contributed by atoms with Crippen molar-refractivity contribution in [3.63, 3.8) is 0 Å². The van der Waals surface area contributed by atoms with E-state index in [1.165, 1.54) is 6.08 Å². The van der Waals surface area contributed by atoms with Gasteiger partial charge in [-0.2, -0.15) is 13.2 Å². The zero-order chi connectivity index (χ0) is 25.6. The van der Waals surface area contributed by atoms with Gasteiger partial charge < -0.3 is 20.7 Å². The van der Waals surface area contributed by atoms with Crippen LogP contribution < -0.4 is 10.6 Å². The van der Waals surface area contributed by atoms with Gasteiger partial charge in [-0.05, 0) is 43.3 Å². The molecule has 1 aliphatic rings. The predicted molar refractivity (Wildman–Crippen MR) is 123 cm³/mol. The molecule has 0 saturated carbocycles. The minimum absolute atomic E-state index is 0.0393. The minimum atomic E-state index is -5.08. The third-order valence-electron chi connectivity index (χ3n) is 4.86. The van der Waals surface area contributed by atoms with Crippen molar-refractivity contribution in [2.45, 2.75) is 19.5 Å². The van der Waals surface area contributed by atoms with Gasteiger partial charge in [-0.1, -0.05) is 18.2 Å². The van der Waals surface area contributed by atoms with Crippen LogP contribution >= 0.6 is 0 Å². The van der Waals surface area contributed by atoms with E-state index in [4.69, 9.17) is 9.90 Å². The number of carbonyl (C=O) groups is 3. The number of nitrogens with zero attached hydrogens (tertiary/aromatic N) is 1. The lowest BCUT2D eigenvalue weighted by Gasteiger charge is -2.11. The van der Waals surface area contributed by atoms with Crippen LogP contribution in [0, 0.1) is 0 Å². The van der Waals surface area contributed by atoms with Crippen molar-refractivity contribution >= 4 is 23.5 Å². The van der Waals surface area contributed by atoms with Crippen LogP contribution in [0.2, 0.25) is 0 Å². The second-order valence-corrected chi connectivity index (χ2v) is 7.38. The van der Waals surface area contributed by atoms with Gasteiger partial charge in [-0.25, -0.2) is 4.79 Å². The van der Waals surface area contributed by atoms with E-state index in [9.17, 15) is 22.8 Å². The summed E-state index contributed by atoms with van der Waals surface area (Å²) in [5.74, 6) is -2.97. The number of nitrogens with one attached hydrogen (secondary N) is 3. The number of aromatic amines is 1. The summed E-state index contributed by atoms with van der Waals surface area (Å²) in [4.78, 5) is 40.5. The standard InChI is InChI=1S/C22H20N4O2.C2HF3O2/c1-2-4-21(27)25-16-6-3-5-14(11-16)19-12-15(7-9-23-19)20-13-17-18(26-20)8-10-24-22(17)28;3-2(4,5)1(6)7/h2-7,9,11-13,26H,8,10H2,1H3,(H,24,28)(H,25,27);(H,6,7)/b4-2+;. The molecule has 0 fully saturated rings. The number of aromatic nitrogens is 2.